The molecule has 1 aromatic carbocycles. The van der Waals surface area contributed by atoms with Crippen LogP contribution in [-0.4, -0.2) is 17.6 Å². The average molecular weight is 241 g/mol. The smallest absolute Gasteiger partial charge is 0.222 e. The number of nitrogens with one attached hydrogen (secondary N) is 1. The molecule has 0 amide bonds. The van der Waals surface area contributed by atoms with Crippen LogP contribution < -0.4 is 4.74 Å². The highest BCUT2D eigenvalue weighted by Gasteiger charge is 2.10. The van der Waals surface area contributed by atoms with Gasteiger partial charge in [0.1, 0.15) is 12.1 Å². The first-order chi connectivity index (χ1) is 8.60. The summed E-state index contributed by atoms with van der Waals surface area (Å²) in [6, 6.07) is 5.97. The Balaban J connectivity index is 2.18. The second-order valence-electron chi connectivity index (χ2n) is 4.13. The second kappa shape index (κ2) is 4.87. The van der Waals surface area contributed by atoms with Crippen LogP contribution in [0.25, 0.3) is 0 Å². The van der Waals surface area contributed by atoms with Crippen molar-refractivity contribution in [2.75, 3.05) is 0 Å². The third-order valence-corrected chi connectivity index (χ3v) is 2.62. The lowest BCUT2D eigenvalue weighted by Crippen LogP contribution is -2.20. The number of hydrogen-bond donors (Lipinski definition) is 1. The molecule has 1 heterocycles. The minimum atomic E-state index is 0.477. The molecule has 1 N–H and O–H groups in total. The normalized spacial score (nSPS) is 14.4. The number of benzene rings is 1. The Morgan fingerprint density at radius 3 is 2.78 bits per heavy atom. The third-order valence-electron chi connectivity index (χ3n) is 2.62. The molecular formula is C14H15N3O. The minimum absolute atomic E-state index is 0.477. The van der Waals surface area contributed by atoms with E-state index in [9.17, 15) is 0 Å². The van der Waals surface area contributed by atoms with E-state index >= 15 is 0 Å². The Labute approximate surface area is 106 Å². The molecule has 2 rings (SSSR count). The molecule has 92 valence electrons. The lowest BCUT2D eigenvalue weighted by atomic mass is 10.1. The van der Waals surface area contributed by atoms with E-state index < -0.39 is 0 Å². The first-order valence-electron chi connectivity index (χ1n) is 5.59. The maximum absolute atomic E-state index is 7.15. The van der Waals surface area contributed by atoms with Gasteiger partial charge in [-0.1, -0.05) is 24.3 Å². The van der Waals surface area contributed by atoms with E-state index in [0.29, 0.717) is 11.6 Å². The summed E-state index contributed by atoms with van der Waals surface area (Å²) in [5.41, 5.74) is 2.91. The van der Waals surface area contributed by atoms with Gasteiger partial charge in [-0.05, 0) is 25.5 Å². The monoisotopic (exact) mass is 241 g/mol. The maximum atomic E-state index is 7.15. The van der Waals surface area contributed by atoms with Crippen LogP contribution in [0.3, 0.4) is 0 Å². The van der Waals surface area contributed by atoms with Crippen LogP contribution in [0.5, 0.6) is 5.75 Å². The van der Waals surface area contributed by atoms with Crippen molar-refractivity contribution in [3.8, 4) is 5.75 Å². The van der Waals surface area contributed by atoms with Gasteiger partial charge in [-0.3, -0.25) is 10.3 Å². The van der Waals surface area contributed by atoms with Crippen molar-refractivity contribution in [2.24, 2.45) is 4.99 Å². The Hall–Kier alpha value is -2.36. The zero-order valence-electron chi connectivity index (χ0n) is 10.5. The van der Waals surface area contributed by atoms with Gasteiger partial charge < -0.3 is 4.74 Å². The van der Waals surface area contributed by atoms with Crippen LogP contribution in [0.4, 0.5) is 0 Å². The van der Waals surface area contributed by atoms with Crippen molar-refractivity contribution in [2.45, 2.75) is 13.8 Å². The van der Waals surface area contributed by atoms with Crippen molar-refractivity contribution in [1.82, 2.24) is 4.90 Å². The van der Waals surface area contributed by atoms with Gasteiger partial charge in [0.15, 0.2) is 0 Å². The molecule has 0 unspecified atom stereocenters. The summed E-state index contributed by atoms with van der Waals surface area (Å²) in [7, 11) is 0. The van der Waals surface area contributed by atoms with Crippen molar-refractivity contribution < 1.29 is 4.74 Å². The fourth-order valence-corrected chi connectivity index (χ4v) is 1.65. The van der Waals surface area contributed by atoms with E-state index in [1.165, 1.54) is 16.8 Å². The van der Waals surface area contributed by atoms with Gasteiger partial charge in [-0.25, -0.2) is 4.99 Å². The molecule has 0 saturated heterocycles. The molecule has 0 bridgehead atoms. The van der Waals surface area contributed by atoms with Gasteiger partial charge in [0.25, 0.3) is 0 Å². The summed E-state index contributed by atoms with van der Waals surface area (Å²) in [6.07, 6.45) is 4.36. The summed E-state index contributed by atoms with van der Waals surface area (Å²) >= 11 is 0. The van der Waals surface area contributed by atoms with Crippen LogP contribution in [-0.2, 0) is 0 Å². The first kappa shape index (κ1) is 12.1. The standard InChI is InChI=1S/C14H15N3O/c1-10-4-5-13(11(2)6-10)18-14-7-12(3)17(8-15)9-16-14/h4-9,15H,3H2,1-2H3. The molecule has 0 aliphatic carbocycles. The van der Waals surface area contributed by atoms with Crippen LogP contribution in [0.15, 0.2) is 47.4 Å². The Morgan fingerprint density at radius 1 is 1.39 bits per heavy atom. The highest BCUT2D eigenvalue weighted by Crippen LogP contribution is 2.23. The zero-order chi connectivity index (χ0) is 13.1. The van der Waals surface area contributed by atoms with E-state index in [0.717, 1.165) is 17.7 Å². The summed E-state index contributed by atoms with van der Waals surface area (Å²) in [5, 5.41) is 7.15. The average Bonchev–Trinajstić information content (AvgIpc) is 2.33. The largest absolute Gasteiger partial charge is 0.439 e. The fourth-order valence-electron chi connectivity index (χ4n) is 1.65. The third kappa shape index (κ3) is 2.48. The van der Waals surface area contributed by atoms with E-state index in [-0.39, 0.29) is 0 Å². The van der Waals surface area contributed by atoms with Crippen LogP contribution in [0.2, 0.25) is 0 Å². The number of allylic oxidation sites excluding steroid dienone is 1. The molecule has 0 saturated carbocycles. The van der Waals surface area contributed by atoms with Gasteiger partial charge in [0.05, 0.1) is 6.34 Å². The molecule has 0 aromatic heterocycles. The highest BCUT2D eigenvalue weighted by atomic mass is 16.5. The summed E-state index contributed by atoms with van der Waals surface area (Å²) in [5.74, 6) is 1.25. The molecule has 0 radical (unpaired) electrons. The second-order valence-corrected chi connectivity index (χ2v) is 4.13. The SMILES string of the molecule is C=C1C=C(Oc2ccc(C)cc2C)N=CN1C=N. The predicted molar refractivity (Wildman–Crippen MR) is 72.9 cm³/mol. The highest BCUT2D eigenvalue weighted by molar-refractivity contribution is 5.79. The number of ether oxygens (including phenoxy) is 1. The van der Waals surface area contributed by atoms with Crippen molar-refractivity contribution in [1.29, 1.82) is 5.41 Å². The quantitative estimate of drug-likeness (QED) is 0.653. The van der Waals surface area contributed by atoms with E-state index in [1.54, 1.807) is 6.08 Å². The summed E-state index contributed by atoms with van der Waals surface area (Å²) < 4.78 is 5.70. The van der Waals surface area contributed by atoms with Crippen LogP contribution >= 0.6 is 0 Å². The molecule has 0 fully saturated rings. The van der Waals surface area contributed by atoms with E-state index in [4.69, 9.17) is 10.1 Å². The lowest BCUT2D eigenvalue weighted by molar-refractivity contribution is 0.413. The van der Waals surface area contributed by atoms with Gasteiger partial charge in [-0.2, -0.15) is 0 Å². The van der Waals surface area contributed by atoms with E-state index in [1.807, 2.05) is 26.0 Å². The maximum Gasteiger partial charge on any atom is 0.222 e. The topological polar surface area (TPSA) is 48.7 Å². The predicted octanol–water partition coefficient (Wildman–Crippen LogP) is 2.99. The Bertz CT molecular complexity index is 558. The lowest BCUT2D eigenvalue weighted by Gasteiger charge is -2.18. The van der Waals surface area contributed by atoms with Crippen molar-refractivity contribution >= 4 is 12.7 Å². The zero-order valence-corrected chi connectivity index (χ0v) is 10.5. The molecular weight excluding hydrogens is 226 g/mol. The molecule has 1 aromatic rings. The number of aliphatic imine (C=N–C) groups is 1. The molecule has 1 aliphatic heterocycles. The minimum Gasteiger partial charge on any atom is -0.439 e. The molecule has 0 spiro atoms. The molecule has 18 heavy (non-hydrogen) atoms. The first-order valence-corrected chi connectivity index (χ1v) is 5.59. The summed E-state index contributed by atoms with van der Waals surface area (Å²) in [4.78, 5) is 5.63. The number of hydrogen-bond acceptors (Lipinski definition) is 3. The van der Waals surface area contributed by atoms with Gasteiger partial charge >= 0.3 is 0 Å². The van der Waals surface area contributed by atoms with Gasteiger partial charge in [0, 0.05) is 11.8 Å². The van der Waals surface area contributed by atoms with Crippen LogP contribution in [0.1, 0.15) is 11.1 Å². The number of rotatable bonds is 3. The Morgan fingerprint density at radius 2 is 2.17 bits per heavy atom. The molecule has 4 nitrogen and oxygen atoms in total. The molecule has 4 heteroatoms. The number of nitrogens with zero attached hydrogens (tertiary/aromatic N) is 2. The number of aryl methyl sites for hydroxylation is 2. The molecule has 1 aliphatic rings. The van der Waals surface area contributed by atoms with Crippen molar-refractivity contribution in [3.05, 3.63) is 53.6 Å². The van der Waals surface area contributed by atoms with E-state index in [2.05, 4.69) is 17.6 Å². The fraction of sp³-hybridized carbons (Fsp3) is 0.143. The Kier molecular flexibility index (Phi) is 3.28. The summed E-state index contributed by atoms with van der Waals surface area (Å²) in [6.45, 7) is 7.86. The van der Waals surface area contributed by atoms with Crippen molar-refractivity contribution in [3.63, 3.8) is 0 Å². The van der Waals surface area contributed by atoms with Crippen LogP contribution in [0, 0.1) is 19.3 Å². The molecule has 0 atom stereocenters. The van der Waals surface area contributed by atoms with Gasteiger partial charge in [0.2, 0.25) is 5.88 Å². The van der Waals surface area contributed by atoms with Gasteiger partial charge in [-0.15, -0.1) is 0 Å².